The lowest BCUT2D eigenvalue weighted by Gasteiger charge is -2.20. The van der Waals surface area contributed by atoms with Crippen LogP contribution in [0.4, 0.5) is 11.4 Å². The molecule has 1 aliphatic carbocycles. The van der Waals surface area contributed by atoms with E-state index in [2.05, 4.69) is 5.32 Å². The summed E-state index contributed by atoms with van der Waals surface area (Å²) in [6.07, 6.45) is 1.51. The number of fused-ring (bicyclic) bond motifs is 1. The fraction of sp³-hybridized carbons (Fsp3) is 0.360. The molecule has 10 nitrogen and oxygen atoms in total. The maximum Gasteiger partial charge on any atom is 0.327 e. The Morgan fingerprint density at radius 2 is 1.71 bits per heavy atom. The van der Waals surface area contributed by atoms with Gasteiger partial charge in [-0.05, 0) is 31.4 Å². The zero-order chi connectivity index (χ0) is 25.1. The summed E-state index contributed by atoms with van der Waals surface area (Å²) in [5.74, 6) is -3.30. The molecule has 1 saturated carbocycles. The number of nitro benzene ring substituents is 1. The first-order valence-electron chi connectivity index (χ1n) is 11.4. The number of carbonyl (C=O) groups excluding carboxylic acids is 4. The predicted octanol–water partition coefficient (Wildman–Crippen LogP) is 3.30. The molecule has 1 N–H and O–H groups in total. The maximum absolute atomic E-state index is 13.1. The summed E-state index contributed by atoms with van der Waals surface area (Å²) in [5.41, 5.74) is 0.631. The fourth-order valence-electron chi connectivity index (χ4n) is 4.68. The number of anilines is 1. The van der Waals surface area contributed by atoms with Gasteiger partial charge in [0.25, 0.3) is 11.6 Å². The molecule has 3 amide bonds. The summed E-state index contributed by atoms with van der Waals surface area (Å²) in [7, 11) is 0. The average Bonchev–Trinajstić information content (AvgIpc) is 3.09. The van der Waals surface area contributed by atoms with Gasteiger partial charge in [-0.25, -0.2) is 0 Å². The van der Waals surface area contributed by atoms with Gasteiger partial charge in [-0.2, -0.15) is 0 Å². The summed E-state index contributed by atoms with van der Waals surface area (Å²) in [6.45, 7) is 1.09. The SMILES string of the molecule is Cc1ccc(NC(=O)C(OC(=O)CN2C(=O)C3CCCCC3C2=O)c2ccccc2)c([N+](=O)[O-])c1. The Balaban J connectivity index is 1.52. The van der Waals surface area contributed by atoms with Gasteiger partial charge in [-0.15, -0.1) is 0 Å². The first-order chi connectivity index (χ1) is 16.8. The summed E-state index contributed by atoms with van der Waals surface area (Å²) < 4.78 is 5.44. The van der Waals surface area contributed by atoms with Crippen LogP contribution in [0.5, 0.6) is 0 Å². The number of esters is 1. The van der Waals surface area contributed by atoms with Crippen molar-refractivity contribution in [1.29, 1.82) is 0 Å². The van der Waals surface area contributed by atoms with Gasteiger partial charge in [-0.1, -0.05) is 49.2 Å². The molecule has 3 unspecified atom stereocenters. The number of nitrogens with zero attached hydrogens (tertiary/aromatic N) is 2. The molecule has 2 aliphatic rings. The van der Waals surface area contributed by atoms with Gasteiger partial charge in [0.15, 0.2) is 0 Å². The number of nitro groups is 1. The number of carbonyl (C=O) groups is 4. The minimum Gasteiger partial charge on any atom is -0.446 e. The van der Waals surface area contributed by atoms with E-state index in [9.17, 15) is 29.3 Å². The highest BCUT2D eigenvalue weighted by Gasteiger charge is 2.48. The quantitative estimate of drug-likeness (QED) is 0.278. The van der Waals surface area contributed by atoms with Gasteiger partial charge in [0, 0.05) is 11.6 Å². The monoisotopic (exact) mass is 479 g/mol. The number of ether oxygens (including phenoxy) is 1. The third-order valence-corrected chi connectivity index (χ3v) is 6.42. The summed E-state index contributed by atoms with van der Waals surface area (Å²) in [4.78, 5) is 63.1. The second-order valence-corrected chi connectivity index (χ2v) is 8.81. The summed E-state index contributed by atoms with van der Waals surface area (Å²) >= 11 is 0. The normalized spacial score (nSPS) is 20.2. The molecule has 10 heteroatoms. The predicted molar refractivity (Wildman–Crippen MR) is 124 cm³/mol. The molecule has 35 heavy (non-hydrogen) atoms. The first kappa shape index (κ1) is 24.1. The number of hydrogen-bond donors (Lipinski definition) is 1. The zero-order valence-corrected chi connectivity index (χ0v) is 19.1. The molecule has 4 rings (SSSR count). The number of amides is 3. The van der Waals surface area contributed by atoms with Crippen molar-refractivity contribution in [3.63, 3.8) is 0 Å². The molecular formula is C25H25N3O7. The minimum atomic E-state index is -1.44. The third-order valence-electron chi connectivity index (χ3n) is 6.42. The molecule has 0 spiro atoms. The van der Waals surface area contributed by atoms with Crippen LogP contribution in [0.1, 0.15) is 42.9 Å². The molecular weight excluding hydrogens is 454 g/mol. The second-order valence-electron chi connectivity index (χ2n) is 8.81. The maximum atomic E-state index is 13.1. The number of imide groups is 1. The molecule has 1 aliphatic heterocycles. The lowest BCUT2D eigenvalue weighted by Crippen LogP contribution is -2.38. The van der Waals surface area contributed by atoms with Crippen LogP contribution < -0.4 is 5.32 Å². The topological polar surface area (TPSA) is 136 Å². The van der Waals surface area contributed by atoms with Gasteiger partial charge in [0.1, 0.15) is 12.2 Å². The van der Waals surface area contributed by atoms with E-state index in [1.54, 1.807) is 43.3 Å². The van der Waals surface area contributed by atoms with Gasteiger partial charge in [0.05, 0.1) is 16.8 Å². The Morgan fingerprint density at radius 1 is 1.09 bits per heavy atom. The van der Waals surface area contributed by atoms with Crippen molar-refractivity contribution >= 4 is 35.1 Å². The molecule has 0 bridgehead atoms. The van der Waals surface area contributed by atoms with Crippen molar-refractivity contribution < 1.29 is 28.8 Å². The van der Waals surface area contributed by atoms with Crippen LogP contribution in [0.3, 0.4) is 0 Å². The zero-order valence-electron chi connectivity index (χ0n) is 19.1. The molecule has 1 saturated heterocycles. The Hall–Kier alpha value is -4.08. The molecule has 0 radical (unpaired) electrons. The first-order valence-corrected chi connectivity index (χ1v) is 11.4. The van der Waals surface area contributed by atoms with E-state index in [1.165, 1.54) is 12.1 Å². The molecule has 2 fully saturated rings. The number of hydrogen-bond acceptors (Lipinski definition) is 7. The minimum absolute atomic E-state index is 0.0449. The van der Waals surface area contributed by atoms with Crippen LogP contribution in [-0.2, 0) is 23.9 Å². The van der Waals surface area contributed by atoms with E-state index in [-0.39, 0.29) is 23.2 Å². The van der Waals surface area contributed by atoms with Crippen molar-refractivity contribution in [2.45, 2.75) is 38.7 Å². The number of nitrogens with one attached hydrogen (secondary N) is 1. The smallest absolute Gasteiger partial charge is 0.327 e. The Labute approximate surface area is 201 Å². The number of rotatable bonds is 7. The van der Waals surface area contributed by atoms with Crippen LogP contribution in [0, 0.1) is 28.9 Å². The second kappa shape index (κ2) is 10.0. The van der Waals surface area contributed by atoms with E-state index in [0.29, 0.717) is 24.0 Å². The van der Waals surface area contributed by atoms with Crippen molar-refractivity contribution in [3.8, 4) is 0 Å². The largest absolute Gasteiger partial charge is 0.446 e. The van der Waals surface area contributed by atoms with Crippen molar-refractivity contribution in [3.05, 3.63) is 69.8 Å². The molecule has 182 valence electrons. The number of benzene rings is 2. The molecule has 0 aromatic heterocycles. The van der Waals surface area contributed by atoms with E-state index in [1.807, 2.05) is 0 Å². The van der Waals surface area contributed by atoms with E-state index >= 15 is 0 Å². The van der Waals surface area contributed by atoms with Crippen LogP contribution in [-0.4, -0.2) is 40.1 Å². The molecule has 3 atom stereocenters. The molecule has 1 heterocycles. The van der Waals surface area contributed by atoms with Crippen LogP contribution in [0.15, 0.2) is 48.5 Å². The molecule has 2 aromatic rings. The van der Waals surface area contributed by atoms with Gasteiger partial charge in [0.2, 0.25) is 17.9 Å². The lowest BCUT2D eigenvalue weighted by atomic mass is 9.81. The van der Waals surface area contributed by atoms with Crippen molar-refractivity contribution in [2.24, 2.45) is 11.8 Å². The van der Waals surface area contributed by atoms with Gasteiger partial charge >= 0.3 is 5.97 Å². The average molecular weight is 479 g/mol. The van der Waals surface area contributed by atoms with Crippen LogP contribution in [0.25, 0.3) is 0 Å². The Kier molecular flexibility index (Phi) is 6.90. The summed E-state index contributed by atoms with van der Waals surface area (Å²) in [5, 5.41) is 13.9. The highest BCUT2D eigenvalue weighted by Crippen LogP contribution is 2.38. The highest BCUT2D eigenvalue weighted by atomic mass is 16.6. The van der Waals surface area contributed by atoms with Gasteiger partial charge in [-0.3, -0.25) is 34.2 Å². The van der Waals surface area contributed by atoms with Crippen molar-refractivity contribution in [1.82, 2.24) is 4.90 Å². The van der Waals surface area contributed by atoms with Crippen LogP contribution in [0.2, 0.25) is 0 Å². The summed E-state index contributed by atoms with van der Waals surface area (Å²) in [6, 6.07) is 12.5. The van der Waals surface area contributed by atoms with Gasteiger partial charge < -0.3 is 10.1 Å². The fourth-order valence-corrected chi connectivity index (χ4v) is 4.68. The highest BCUT2D eigenvalue weighted by molar-refractivity contribution is 6.07. The number of likely N-dealkylation sites (tertiary alicyclic amines) is 1. The Morgan fingerprint density at radius 3 is 2.31 bits per heavy atom. The molecule has 2 aromatic carbocycles. The third kappa shape index (κ3) is 5.06. The number of aryl methyl sites for hydroxylation is 1. The lowest BCUT2D eigenvalue weighted by molar-refractivity contribution is -0.384. The van der Waals surface area contributed by atoms with Crippen LogP contribution >= 0.6 is 0 Å². The van der Waals surface area contributed by atoms with Crippen molar-refractivity contribution in [2.75, 3.05) is 11.9 Å². The van der Waals surface area contributed by atoms with E-state index in [4.69, 9.17) is 4.74 Å². The standard InChI is InChI=1S/C25H25N3O7/c1-15-11-12-19(20(13-15)28(33)34)26-23(30)22(16-7-3-2-4-8-16)35-21(29)14-27-24(31)17-9-5-6-10-18(17)25(27)32/h2-4,7-8,11-13,17-18,22H,5-6,9-10,14H2,1H3,(H,26,30). The van der Waals surface area contributed by atoms with E-state index in [0.717, 1.165) is 17.7 Å². The Bertz CT molecular complexity index is 1160. The van der Waals surface area contributed by atoms with E-state index < -0.39 is 41.3 Å².